The van der Waals surface area contributed by atoms with E-state index in [1.165, 1.54) is 4.90 Å². The van der Waals surface area contributed by atoms with Crippen molar-refractivity contribution in [2.24, 2.45) is 0 Å². The average Bonchev–Trinajstić information content (AvgIpc) is 2.73. The largest absolute Gasteiger partial charge is 0.354 e. The van der Waals surface area contributed by atoms with E-state index in [9.17, 15) is 18.0 Å². The SMILES string of the molecule is CCCCNC(=O)[C@H](C)N(Cc1cccc(Cl)c1)C(=O)CN(c1cc(C)cc(C)c1)S(C)(=O)=O. The predicted molar refractivity (Wildman–Crippen MR) is 137 cm³/mol. The molecule has 0 aromatic heterocycles. The van der Waals surface area contributed by atoms with E-state index < -0.39 is 28.5 Å². The number of hydrogen-bond acceptors (Lipinski definition) is 4. The summed E-state index contributed by atoms with van der Waals surface area (Å²) in [6.07, 6.45) is 2.83. The van der Waals surface area contributed by atoms with E-state index in [-0.39, 0.29) is 12.5 Å². The van der Waals surface area contributed by atoms with Crippen LogP contribution in [-0.2, 0) is 26.2 Å². The van der Waals surface area contributed by atoms with Crippen molar-refractivity contribution in [3.63, 3.8) is 0 Å². The zero-order valence-corrected chi connectivity index (χ0v) is 22.0. The summed E-state index contributed by atoms with van der Waals surface area (Å²) >= 11 is 6.12. The normalized spacial score (nSPS) is 12.2. The molecule has 186 valence electrons. The van der Waals surface area contributed by atoms with Crippen LogP contribution in [0.1, 0.15) is 43.4 Å². The molecule has 1 atom stereocenters. The molecule has 0 fully saturated rings. The fourth-order valence-electron chi connectivity index (χ4n) is 3.66. The Kier molecular flexibility index (Phi) is 9.94. The van der Waals surface area contributed by atoms with Gasteiger partial charge in [-0.3, -0.25) is 13.9 Å². The first kappa shape index (κ1) is 27.7. The Bertz CT molecular complexity index is 1100. The second-order valence-corrected chi connectivity index (χ2v) is 10.9. The number of hydrogen-bond donors (Lipinski definition) is 1. The molecule has 0 aliphatic carbocycles. The van der Waals surface area contributed by atoms with Crippen molar-refractivity contribution in [3.8, 4) is 0 Å². The van der Waals surface area contributed by atoms with Crippen molar-refractivity contribution in [1.82, 2.24) is 10.2 Å². The number of nitrogens with one attached hydrogen (secondary N) is 1. The molecule has 2 rings (SSSR count). The average molecular weight is 508 g/mol. The quantitative estimate of drug-likeness (QED) is 0.465. The zero-order chi connectivity index (χ0) is 25.5. The number of sulfonamides is 1. The first-order valence-corrected chi connectivity index (χ1v) is 13.5. The molecule has 0 radical (unpaired) electrons. The highest BCUT2D eigenvalue weighted by molar-refractivity contribution is 7.92. The van der Waals surface area contributed by atoms with Crippen LogP contribution >= 0.6 is 11.6 Å². The number of nitrogens with zero attached hydrogens (tertiary/aromatic N) is 2. The number of carbonyl (C=O) groups excluding carboxylic acids is 2. The van der Waals surface area contributed by atoms with Crippen molar-refractivity contribution in [2.75, 3.05) is 23.7 Å². The van der Waals surface area contributed by atoms with E-state index in [1.807, 2.05) is 32.9 Å². The Balaban J connectivity index is 2.38. The lowest BCUT2D eigenvalue weighted by Gasteiger charge is -2.31. The number of carbonyl (C=O) groups is 2. The highest BCUT2D eigenvalue weighted by Crippen LogP contribution is 2.22. The molecule has 0 saturated carbocycles. The molecule has 1 N–H and O–H groups in total. The van der Waals surface area contributed by atoms with Crippen molar-refractivity contribution in [1.29, 1.82) is 0 Å². The molecule has 7 nitrogen and oxygen atoms in total. The van der Waals surface area contributed by atoms with Crippen molar-refractivity contribution >= 4 is 39.1 Å². The Morgan fingerprint density at radius 2 is 1.74 bits per heavy atom. The third kappa shape index (κ3) is 8.02. The number of anilines is 1. The fourth-order valence-corrected chi connectivity index (χ4v) is 4.71. The summed E-state index contributed by atoms with van der Waals surface area (Å²) in [6, 6.07) is 11.6. The molecule has 0 aliphatic heterocycles. The first-order valence-electron chi connectivity index (χ1n) is 11.3. The molecule has 0 unspecified atom stereocenters. The van der Waals surface area contributed by atoms with Gasteiger partial charge in [-0.05, 0) is 68.1 Å². The molecule has 0 saturated heterocycles. The maximum Gasteiger partial charge on any atom is 0.244 e. The van der Waals surface area contributed by atoms with Gasteiger partial charge < -0.3 is 10.2 Å². The minimum absolute atomic E-state index is 0.117. The molecular formula is C25H34ClN3O4S. The number of benzene rings is 2. The van der Waals surface area contributed by atoms with Crippen LogP contribution in [0.3, 0.4) is 0 Å². The molecular weight excluding hydrogens is 474 g/mol. The topological polar surface area (TPSA) is 86.8 Å². The van der Waals surface area contributed by atoms with E-state index in [0.717, 1.165) is 40.1 Å². The lowest BCUT2D eigenvalue weighted by Crippen LogP contribution is -2.51. The smallest absolute Gasteiger partial charge is 0.244 e. The molecule has 0 heterocycles. The number of halogens is 1. The van der Waals surface area contributed by atoms with Gasteiger partial charge in [-0.15, -0.1) is 0 Å². The van der Waals surface area contributed by atoms with E-state index in [4.69, 9.17) is 11.6 Å². The molecule has 0 bridgehead atoms. The fraction of sp³-hybridized carbons (Fsp3) is 0.440. The van der Waals surface area contributed by atoms with E-state index in [2.05, 4.69) is 5.32 Å². The maximum absolute atomic E-state index is 13.5. The van der Waals surface area contributed by atoms with Gasteiger partial charge in [-0.2, -0.15) is 0 Å². The summed E-state index contributed by atoms with van der Waals surface area (Å²) in [5.41, 5.74) is 2.92. The minimum Gasteiger partial charge on any atom is -0.354 e. The molecule has 2 aromatic carbocycles. The van der Waals surface area contributed by atoms with Crippen LogP contribution in [0, 0.1) is 13.8 Å². The van der Waals surface area contributed by atoms with E-state index in [0.29, 0.717) is 17.3 Å². The zero-order valence-electron chi connectivity index (χ0n) is 20.5. The summed E-state index contributed by atoms with van der Waals surface area (Å²) in [5.74, 6) is -0.774. The lowest BCUT2D eigenvalue weighted by atomic mass is 10.1. The van der Waals surface area contributed by atoms with Gasteiger partial charge in [-0.25, -0.2) is 8.42 Å². The Morgan fingerprint density at radius 3 is 2.29 bits per heavy atom. The van der Waals surface area contributed by atoms with Crippen molar-refractivity contribution in [3.05, 3.63) is 64.2 Å². The monoisotopic (exact) mass is 507 g/mol. The Morgan fingerprint density at radius 1 is 1.09 bits per heavy atom. The predicted octanol–water partition coefficient (Wildman–Crippen LogP) is 4.06. The number of rotatable bonds is 11. The van der Waals surface area contributed by atoms with Gasteiger partial charge in [0, 0.05) is 18.1 Å². The van der Waals surface area contributed by atoms with Gasteiger partial charge in [0.15, 0.2) is 0 Å². The van der Waals surface area contributed by atoms with Crippen LogP contribution in [0.15, 0.2) is 42.5 Å². The van der Waals surface area contributed by atoms with Crippen LogP contribution in [0.4, 0.5) is 5.69 Å². The van der Waals surface area contributed by atoms with Crippen LogP contribution < -0.4 is 9.62 Å². The standard InChI is InChI=1S/C25H34ClN3O4S/c1-6-7-11-27-25(31)20(4)28(16-21-9-8-10-22(26)15-21)24(30)17-29(34(5,32)33)23-13-18(2)12-19(3)14-23/h8-10,12-15,20H,6-7,11,16-17H2,1-5H3,(H,27,31)/t20-/m0/s1. The molecule has 9 heteroatoms. The second-order valence-electron chi connectivity index (χ2n) is 8.59. The molecule has 0 spiro atoms. The van der Waals surface area contributed by atoms with Gasteiger partial charge >= 0.3 is 0 Å². The Hall–Kier alpha value is -2.58. The van der Waals surface area contributed by atoms with Crippen molar-refractivity contribution < 1.29 is 18.0 Å². The third-order valence-electron chi connectivity index (χ3n) is 5.41. The summed E-state index contributed by atoms with van der Waals surface area (Å²) in [5, 5.41) is 3.37. The van der Waals surface area contributed by atoms with E-state index >= 15 is 0 Å². The van der Waals surface area contributed by atoms with Crippen molar-refractivity contribution in [2.45, 2.75) is 53.1 Å². The maximum atomic E-state index is 13.5. The van der Waals surface area contributed by atoms with Crippen LogP contribution in [-0.4, -0.2) is 50.5 Å². The third-order valence-corrected chi connectivity index (χ3v) is 6.79. The van der Waals surface area contributed by atoms with Gasteiger partial charge in [0.25, 0.3) is 0 Å². The van der Waals surface area contributed by atoms with Crippen LogP contribution in [0.2, 0.25) is 5.02 Å². The van der Waals surface area contributed by atoms with E-state index in [1.54, 1.807) is 37.3 Å². The first-order chi connectivity index (χ1) is 15.9. The van der Waals surface area contributed by atoms with Gasteiger partial charge in [-0.1, -0.05) is 43.1 Å². The van der Waals surface area contributed by atoms with Crippen LogP contribution in [0.25, 0.3) is 0 Å². The minimum atomic E-state index is -3.76. The van der Waals surface area contributed by atoms with Gasteiger partial charge in [0.2, 0.25) is 21.8 Å². The van der Waals surface area contributed by atoms with Gasteiger partial charge in [0.1, 0.15) is 12.6 Å². The number of amides is 2. The Labute approximate surface area is 208 Å². The number of aryl methyl sites for hydroxylation is 2. The highest BCUT2D eigenvalue weighted by Gasteiger charge is 2.30. The second kappa shape index (κ2) is 12.2. The summed E-state index contributed by atoms with van der Waals surface area (Å²) in [6.45, 7) is 7.61. The summed E-state index contributed by atoms with van der Waals surface area (Å²) < 4.78 is 26.4. The summed E-state index contributed by atoms with van der Waals surface area (Å²) in [4.78, 5) is 27.7. The molecule has 0 aliphatic rings. The lowest BCUT2D eigenvalue weighted by molar-refractivity contribution is -0.139. The van der Waals surface area contributed by atoms with Crippen LogP contribution in [0.5, 0.6) is 0 Å². The number of unbranched alkanes of at least 4 members (excludes halogenated alkanes) is 1. The summed E-state index contributed by atoms with van der Waals surface area (Å²) in [7, 11) is -3.76. The molecule has 2 aromatic rings. The molecule has 2 amide bonds. The van der Waals surface area contributed by atoms with Gasteiger partial charge in [0.05, 0.1) is 11.9 Å². The highest BCUT2D eigenvalue weighted by atomic mass is 35.5. The molecule has 34 heavy (non-hydrogen) atoms.